The molecular weight excluding hydrogens is 314 g/mol. The second-order valence-corrected chi connectivity index (χ2v) is 6.39. The molecule has 26 heavy (non-hydrogen) atoms. The summed E-state index contributed by atoms with van der Waals surface area (Å²) in [5.74, 6) is 6.58. The molecular formula is C25H19N. The Labute approximate surface area is 154 Å². The zero-order valence-electron chi connectivity index (χ0n) is 14.5. The van der Waals surface area contributed by atoms with Crippen molar-refractivity contribution in [2.45, 2.75) is 12.8 Å². The number of pyridine rings is 1. The van der Waals surface area contributed by atoms with Crippen LogP contribution in [0.25, 0.3) is 10.8 Å². The summed E-state index contributed by atoms with van der Waals surface area (Å²) in [6, 6.07) is 27.6. The third kappa shape index (κ3) is 3.99. The molecule has 0 aliphatic heterocycles. The van der Waals surface area contributed by atoms with Crippen LogP contribution < -0.4 is 0 Å². The number of aromatic nitrogens is 1. The molecule has 0 saturated heterocycles. The fourth-order valence-corrected chi connectivity index (χ4v) is 3.06. The molecule has 4 rings (SSSR count). The van der Waals surface area contributed by atoms with E-state index < -0.39 is 0 Å². The second-order valence-electron chi connectivity index (χ2n) is 6.39. The van der Waals surface area contributed by atoms with Crippen LogP contribution in [-0.2, 0) is 12.8 Å². The van der Waals surface area contributed by atoms with Crippen molar-refractivity contribution in [2.24, 2.45) is 0 Å². The Bertz CT molecular complexity index is 1070. The van der Waals surface area contributed by atoms with Crippen molar-refractivity contribution in [3.8, 4) is 11.8 Å². The predicted molar refractivity (Wildman–Crippen MR) is 108 cm³/mol. The monoisotopic (exact) mass is 333 g/mol. The van der Waals surface area contributed by atoms with Gasteiger partial charge in [-0.2, -0.15) is 0 Å². The van der Waals surface area contributed by atoms with Gasteiger partial charge >= 0.3 is 0 Å². The molecule has 3 aromatic carbocycles. The molecule has 0 aliphatic rings. The highest BCUT2D eigenvalue weighted by atomic mass is 14.6. The molecule has 4 aromatic rings. The molecule has 124 valence electrons. The van der Waals surface area contributed by atoms with Crippen LogP contribution in [-0.4, -0.2) is 4.98 Å². The topological polar surface area (TPSA) is 12.9 Å². The normalized spacial score (nSPS) is 10.3. The van der Waals surface area contributed by atoms with E-state index in [0.717, 1.165) is 18.4 Å². The van der Waals surface area contributed by atoms with E-state index in [-0.39, 0.29) is 0 Å². The van der Waals surface area contributed by atoms with Crippen LogP contribution in [0.1, 0.15) is 22.3 Å². The molecule has 0 fully saturated rings. The Balaban J connectivity index is 1.56. The van der Waals surface area contributed by atoms with Crippen LogP contribution in [0.5, 0.6) is 0 Å². The van der Waals surface area contributed by atoms with Crippen LogP contribution in [0, 0.1) is 11.8 Å². The molecule has 1 nitrogen and oxygen atoms in total. The van der Waals surface area contributed by atoms with Crippen molar-refractivity contribution >= 4 is 10.8 Å². The summed E-state index contributed by atoms with van der Waals surface area (Å²) >= 11 is 0. The summed E-state index contributed by atoms with van der Waals surface area (Å²) < 4.78 is 0. The van der Waals surface area contributed by atoms with Crippen LogP contribution in [0.2, 0.25) is 0 Å². The zero-order chi connectivity index (χ0) is 17.6. The van der Waals surface area contributed by atoms with Gasteiger partial charge in [-0.25, -0.2) is 0 Å². The van der Waals surface area contributed by atoms with Crippen molar-refractivity contribution < 1.29 is 0 Å². The molecule has 0 aliphatic carbocycles. The summed E-state index contributed by atoms with van der Waals surface area (Å²) in [5, 5.41) is 2.49. The maximum Gasteiger partial charge on any atom is 0.0344 e. The van der Waals surface area contributed by atoms with E-state index >= 15 is 0 Å². The first-order valence-corrected chi connectivity index (χ1v) is 8.81. The third-order valence-electron chi connectivity index (χ3n) is 4.43. The molecule has 0 spiro atoms. The summed E-state index contributed by atoms with van der Waals surface area (Å²) in [6.45, 7) is 0. The van der Waals surface area contributed by atoms with Gasteiger partial charge in [-0.3, -0.25) is 4.98 Å². The van der Waals surface area contributed by atoms with Crippen LogP contribution >= 0.6 is 0 Å². The standard InChI is InChI=1S/C25H19N/c1-2-5-20(6-3-1)7-4-8-21-9-11-24-12-10-23(19-25(24)18-21)17-22-13-15-26-16-14-22/h1-3,5-6,9-16,18-19H,7,17H2. The lowest BCUT2D eigenvalue weighted by molar-refractivity contribution is 1.17. The lowest BCUT2D eigenvalue weighted by Crippen LogP contribution is -1.89. The quantitative estimate of drug-likeness (QED) is 0.456. The largest absolute Gasteiger partial charge is 0.265 e. The Morgan fingerprint density at radius 2 is 1.46 bits per heavy atom. The van der Waals surface area contributed by atoms with Gasteiger partial charge in [0.1, 0.15) is 0 Å². The summed E-state index contributed by atoms with van der Waals surface area (Å²) in [6.07, 6.45) is 5.39. The number of fused-ring (bicyclic) bond motifs is 1. The number of hydrogen-bond acceptors (Lipinski definition) is 1. The van der Waals surface area contributed by atoms with Gasteiger partial charge < -0.3 is 0 Å². The van der Waals surface area contributed by atoms with E-state index in [1.54, 1.807) is 0 Å². The molecule has 1 aromatic heterocycles. The Kier molecular flexibility index (Phi) is 4.76. The predicted octanol–water partition coefficient (Wildman–Crippen LogP) is 5.42. The van der Waals surface area contributed by atoms with Gasteiger partial charge in [0, 0.05) is 24.4 Å². The van der Waals surface area contributed by atoms with Crippen molar-refractivity contribution in [3.05, 3.63) is 114 Å². The first-order chi connectivity index (χ1) is 12.9. The first-order valence-electron chi connectivity index (χ1n) is 8.81. The maximum atomic E-state index is 4.08. The van der Waals surface area contributed by atoms with Crippen LogP contribution in [0.15, 0.2) is 91.3 Å². The van der Waals surface area contributed by atoms with Gasteiger partial charge in [0.15, 0.2) is 0 Å². The molecule has 0 saturated carbocycles. The van der Waals surface area contributed by atoms with Crippen molar-refractivity contribution in [3.63, 3.8) is 0 Å². The minimum Gasteiger partial charge on any atom is -0.265 e. The van der Waals surface area contributed by atoms with Gasteiger partial charge in [-0.15, -0.1) is 0 Å². The SMILES string of the molecule is C(#Cc1ccc2ccc(Cc3ccncc3)cc2c1)Cc1ccccc1. The molecule has 1 heteroatoms. The Morgan fingerprint density at radius 3 is 2.31 bits per heavy atom. The fraction of sp³-hybridized carbons (Fsp3) is 0.0800. The van der Waals surface area contributed by atoms with Gasteiger partial charge in [0.05, 0.1) is 0 Å². The second kappa shape index (κ2) is 7.68. The zero-order valence-corrected chi connectivity index (χ0v) is 14.5. The highest BCUT2D eigenvalue weighted by molar-refractivity contribution is 5.84. The summed E-state index contributed by atoms with van der Waals surface area (Å²) in [7, 11) is 0. The highest BCUT2D eigenvalue weighted by Gasteiger charge is 2.00. The number of hydrogen-bond donors (Lipinski definition) is 0. The third-order valence-corrected chi connectivity index (χ3v) is 4.43. The Morgan fingerprint density at radius 1 is 0.654 bits per heavy atom. The summed E-state index contributed by atoms with van der Waals surface area (Å²) in [5.41, 5.74) is 4.89. The lowest BCUT2D eigenvalue weighted by Gasteiger charge is -2.05. The minimum absolute atomic E-state index is 0.779. The average molecular weight is 333 g/mol. The Hall–Kier alpha value is -3.37. The number of rotatable bonds is 3. The average Bonchev–Trinajstić information content (AvgIpc) is 2.69. The highest BCUT2D eigenvalue weighted by Crippen LogP contribution is 2.19. The van der Waals surface area contributed by atoms with Crippen LogP contribution in [0.4, 0.5) is 0 Å². The molecule has 0 unspecified atom stereocenters. The van der Waals surface area contributed by atoms with Crippen molar-refractivity contribution in [1.82, 2.24) is 4.98 Å². The van der Waals surface area contributed by atoms with E-state index in [1.807, 2.05) is 18.5 Å². The van der Waals surface area contributed by atoms with Gasteiger partial charge in [0.2, 0.25) is 0 Å². The minimum atomic E-state index is 0.779. The lowest BCUT2D eigenvalue weighted by atomic mass is 10.0. The van der Waals surface area contributed by atoms with E-state index in [2.05, 4.69) is 89.6 Å². The maximum absolute atomic E-state index is 4.08. The van der Waals surface area contributed by atoms with Crippen molar-refractivity contribution in [2.75, 3.05) is 0 Å². The molecule has 0 radical (unpaired) electrons. The van der Waals surface area contributed by atoms with E-state index in [1.165, 1.54) is 27.5 Å². The first kappa shape index (κ1) is 16.1. The molecule has 0 atom stereocenters. The van der Waals surface area contributed by atoms with Gasteiger partial charge in [0.25, 0.3) is 0 Å². The molecule has 0 amide bonds. The number of benzene rings is 3. The van der Waals surface area contributed by atoms with E-state index in [0.29, 0.717) is 0 Å². The van der Waals surface area contributed by atoms with Crippen LogP contribution in [0.3, 0.4) is 0 Å². The van der Waals surface area contributed by atoms with Gasteiger partial charge in [-0.05, 0) is 58.1 Å². The molecule has 0 bridgehead atoms. The molecule has 1 heterocycles. The summed E-state index contributed by atoms with van der Waals surface area (Å²) in [4.78, 5) is 4.08. The van der Waals surface area contributed by atoms with E-state index in [4.69, 9.17) is 0 Å². The fourth-order valence-electron chi connectivity index (χ4n) is 3.06. The van der Waals surface area contributed by atoms with Crippen molar-refractivity contribution in [1.29, 1.82) is 0 Å². The van der Waals surface area contributed by atoms with Gasteiger partial charge in [-0.1, -0.05) is 66.4 Å². The smallest absolute Gasteiger partial charge is 0.0344 e. The molecule has 0 N–H and O–H groups in total. The number of nitrogens with zero attached hydrogens (tertiary/aromatic N) is 1. The van der Waals surface area contributed by atoms with E-state index in [9.17, 15) is 0 Å².